The number of piperidine rings is 1. The molecule has 0 spiro atoms. The number of ether oxygens (including phenoxy) is 1. The van der Waals surface area contributed by atoms with Gasteiger partial charge in [0.1, 0.15) is 6.61 Å². The average Bonchev–Trinajstić information content (AvgIpc) is 2.72. The van der Waals surface area contributed by atoms with Gasteiger partial charge in [-0.1, -0.05) is 6.42 Å². The molecule has 0 saturated carbocycles. The van der Waals surface area contributed by atoms with E-state index in [4.69, 9.17) is 4.74 Å². The molecule has 78 valence electrons. The molecule has 0 aromatic carbocycles. The van der Waals surface area contributed by atoms with Crippen LogP contribution in [0.15, 0.2) is 17.5 Å². The van der Waals surface area contributed by atoms with E-state index in [1.165, 1.54) is 32.4 Å². The van der Waals surface area contributed by atoms with E-state index in [2.05, 4.69) is 10.3 Å². The quantitative estimate of drug-likeness (QED) is 0.759. The van der Waals surface area contributed by atoms with Crippen molar-refractivity contribution in [2.45, 2.75) is 19.3 Å². The molecule has 2 rings (SSSR count). The lowest BCUT2D eigenvalue weighted by atomic mass is 10.1. The smallest absolute Gasteiger partial charge is 0.173 e. The Kier molecular flexibility index (Phi) is 3.83. The molecule has 0 radical (unpaired) electrons. The normalized spacial score (nSPS) is 18.3. The molecule has 1 fully saturated rings. The molecule has 14 heavy (non-hydrogen) atoms. The van der Waals surface area contributed by atoms with Crippen molar-refractivity contribution >= 4 is 11.3 Å². The van der Waals surface area contributed by atoms with Crippen LogP contribution in [0.5, 0.6) is 5.06 Å². The molecule has 1 aliphatic heterocycles. The molecule has 2 heterocycles. The van der Waals surface area contributed by atoms with Gasteiger partial charge in [-0.05, 0) is 43.4 Å². The van der Waals surface area contributed by atoms with Crippen LogP contribution in [0.1, 0.15) is 19.3 Å². The summed E-state index contributed by atoms with van der Waals surface area (Å²) in [6, 6.07) is 4.06. The summed E-state index contributed by atoms with van der Waals surface area (Å²) in [5.74, 6) is 0. The van der Waals surface area contributed by atoms with Gasteiger partial charge in [0.15, 0.2) is 5.06 Å². The second-order valence-corrected chi connectivity index (χ2v) is 4.59. The Morgan fingerprint density at radius 1 is 1.29 bits per heavy atom. The summed E-state index contributed by atoms with van der Waals surface area (Å²) < 4.78 is 5.63. The van der Waals surface area contributed by atoms with E-state index in [-0.39, 0.29) is 0 Å². The lowest BCUT2D eigenvalue weighted by molar-refractivity contribution is 0.185. The van der Waals surface area contributed by atoms with Gasteiger partial charge in [-0.15, -0.1) is 11.3 Å². The van der Waals surface area contributed by atoms with Crippen LogP contribution in [-0.2, 0) is 0 Å². The van der Waals surface area contributed by atoms with Gasteiger partial charge in [0.05, 0.1) is 0 Å². The molecule has 1 aromatic rings. The molecular formula is C11H17NOS. The van der Waals surface area contributed by atoms with Crippen molar-refractivity contribution in [3.8, 4) is 5.06 Å². The minimum Gasteiger partial charge on any atom is -0.483 e. The Labute approximate surface area is 89.5 Å². The van der Waals surface area contributed by atoms with Crippen LogP contribution >= 0.6 is 11.3 Å². The minimum absolute atomic E-state index is 0.834. The fourth-order valence-electron chi connectivity index (χ4n) is 1.80. The number of hydrogen-bond acceptors (Lipinski definition) is 3. The van der Waals surface area contributed by atoms with Gasteiger partial charge in [0, 0.05) is 6.54 Å². The Hall–Kier alpha value is -0.540. The summed E-state index contributed by atoms with van der Waals surface area (Å²) in [5, 5.41) is 3.10. The van der Waals surface area contributed by atoms with Crippen LogP contribution in [0.4, 0.5) is 0 Å². The van der Waals surface area contributed by atoms with E-state index >= 15 is 0 Å². The third kappa shape index (κ3) is 3.00. The Bertz CT molecular complexity index is 242. The van der Waals surface area contributed by atoms with Crippen molar-refractivity contribution in [3.63, 3.8) is 0 Å². The number of thiophene rings is 1. The van der Waals surface area contributed by atoms with E-state index in [1.54, 1.807) is 11.3 Å². The highest BCUT2D eigenvalue weighted by molar-refractivity contribution is 7.11. The van der Waals surface area contributed by atoms with E-state index in [0.29, 0.717) is 0 Å². The second-order valence-electron chi connectivity index (χ2n) is 3.68. The van der Waals surface area contributed by atoms with Gasteiger partial charge >= 0.3 is 0 Å². The summed E-state index contributed by atoms with van der Waals surface area (Å²) in [7, 11) is 0. The van der Waals surface area contributed by atoms with E-state index in [0.717, 1.165) is 18.2 Å². The van der Waals surface area contributed by atoms with Crippen molar-refractivity contribution in [2.75, 3.05) is 26.2 Å². The zero-order valence-corrected chi connectivity index (χ0v) is 9.26. The van der Waals surface area contributed by atoms with Crippen molar-refractivity contribution in [2.24, 2.45) is 0 Å². The number of nitrogens with zero attached hydrogens (tertiary/aromatic N) is 1. The summed E-state index contributed by atoms with van der Waals surface area (Å²) in [6.45, 7) is 4.43. The fourth-order valence-corrected chi connectivity index (χ4v) is 2.40. The number of likely N-dealkylation sites (tertiary alicyclic amines) is 1. The summed E-state index contributed by atoms with van der Waals surface area (Å²) in [6.07, 6.45) is 4.13. The van der Waals surface area contributed by atoms with Crippen LogP contribution < -0.4 is 4.74 Å². The number of rotatable bonds is 4. The van der Waals surface area contributed by atoms with Gasteiger partial charge in [0.25, 0.3) is 0 Å². The van der Waals surface area contributed by atoms with E-state index < -0.39 is 0 Å². The standard InChI is InChI=1S/C11H17NOS/c1-2-6-12(7-3-1)8-9-13-11-5-4-10-14-11/h4-5,10H,1-3,6-9H2. The van der Waals surface area contributed by atoms with Crippen LogP contribution in [0, 0.1) is 0 Å². The Morgan fingerprint density at radius 2 is 2.14 bits per heavy atom. The first-order valence-corrected chi connectivity index (χ1v) is 6.22. The molecule has 0 amide bonds. The molecule has 1 aromatic heterocycles. The van der Waals surface area contributed by atoms with Crippen molar-refractivity contribution < 1.29 is 4.74 Å². The SMILES string of the molecule is c1csc(OCCN2CCCCC2)c1. The molecule has 2 nitrogen and oxygen atoms in total. The highest BCUT2D eigenvalue weighted by Crippen LogP contribution is 2.18. The van der Waals surface area contributed by atoms with Crippen LogP contribution in [0.2, 0.25) is 0 Å². The lowest BCUT2D eigenvalue weighted by Crippen LogP contribution is -2.33. The average molecular weight is 211 g/mol. The summed E-state index contributed by atoms with van der Waals surface area (Å²) >= 11 is 1.67. The largest absolute Gasteiger partial charge is 0.483 e. The fraction of sp³-hybridized carbons (Fsp3) is 0.636. The molecule has 3 heteroatoms. The molecule has 1 aliphatic rings. The Morgan fingerprint density at radius 3 is 2.86 bits per heavy atom. The van der Waals surface area contributed by atoms with Gasteiger partial charge in [0.2, 0.25) is 0 Å². The zero-order chi connectivity index (χ0) is 9.64. The topological polar surface area (TPSA) is 12.5 Å². The maximum atomic E-state index is 5.63. The lowest BCUT2D eigenvalue weighted by Gasteiger charge is -2.25. The van der Waals surface area contributed by atoms with Gasteiger partial charge in [-0.3, -0.25) is 4.90 Å². The zero-order valence-electron chi connectivity index (χ0n) is 8.45. The molecule has 0 bridgehead atoms. The molecular weight excluding hydrogens is 194 g/mol. The van der Waals surface area contributed by atoms with Crippen LogP contribution in [0.3, 0.4) is 0 Å². The third-order valence-electron chi connectivity index (χ3n) is 2.60. The molecule has 0 atom stereocenters. The highest BCUT2D eigenvalue weighted by Gasteiger charge is 2.09. The maximum absolute atomic E-state index is 5.63. The molecule has 0 N–H and O–H groups in total. The minimum atomic E-state index is 0.834. The third-order valence-corrected chi connectivity index (χ3v) is 3.38. The maximum Gasteiger partial charge on any atom is 0.173 e. The molecule has 1 saturated heterocycles. The Balaban J connectivity index is 1.62. The number of hydrogen-bond donors (Lipinski definition) is 0. The predicted octanol–water partition coefficient (Wildman–Crippen LogP) is 2.61. The van der Waals surface area contributed by atoms with Crippen molar-refractivity contribution in [3.05, 3.63) is 17.5 Å². The second kappa shape index (κ2) is 5.37. The van der Waals surface area contributed by atoms with Crippen molar-refractivity contribution in [1.29, 1.82) is 0 Å². The van der Waals surface area contributed by atoms with E-state index in [9.17, 15) is 0 Å². The summed E-state index contributed by atoms with van der Waals surface area (Å²) in [5.41, 5.74) is 0. The predicted molar refractivity (Wildman–Crippen MR) is 60.1 cm³/mol. The van der Waals surface area contributed by atoms with Gasteiger partial charge in [-0.25, -0.2) is 0 Å². The van der Waals surface area contributed by atoms with Crippen LogP contribution in [0.25, 0.3) is 0 Å². The summed E-state index contributed by atoms with van der Waals surface area (Å²) in [4.78, 5) is 2.50. The molecule has 0 unspecified atom stereocenters. The molecule has 0 aliphatic carbocycles. The van der Waals surface area contributed by atoms with E-state index in [1.807, 2.05) is 12.1 Å². The first-order chi connectivity index (χ1) is 6.95. The van der Waals surface area contributed by atoms with Crippen molar-refractivity contribution in [1.82, 2.24) is 4.90 Å². The van der Waals surface area contributed by atoms with Crippen LogP contribution in [-0.4, -0.2) is 31.1 Å². The monoisotopic (exact) mass is 211 g/mol. The first kappa shape index (κ1) is 9.99. The van der Waals surface area contributed by atoms with Gasteiger partial charge < -0.3 is 4.74 Å². The first-order valence-electron chi connectivity index (χ1n) is 5.34. The highest BCUT2D eigenvalue weighted by atomic mass is 32.1. The van der Waals surface area contributed by atoms with Gasteiger partial charge in [-0.2, -0.15) is 0 Å².